The Morgan fingerprint density at radius 2 is 0.836 bits per heavy atom. The van der Waals surface area contributed by atoms with E-state index in [1.807, 2.05) is 54.7 Å². The Hall–Kier alpha value is -7.50. The number of nitrogens with zero attached hydrogens (tertiary/aromatic N) is 5. The molecule has 5 nitrogen and oxygen atoms in total. The standard InChI is InChI=1S/C56H45N5/c1-34-27-36(3)52(37(4)28-34)43-20-23-45-46-24-21-44(53-38(5)29-35(2)30-39(53)6)33-51(46)61(50(45)32-43)49-25-22-42(48-19-13-14-26-57-48)31-47(49)56-59-54(40-15-9-7-10-16-40)58-55(60-56)41-17-11-8-12-18-41/h7-33H,1-6H3. The summed E-state index contributed by atoms with van der Waals surface area (Å²) in [5.74, 6) is 1.81. The molecular weight excluding hydrogens is 743 g/mol. The normalized spacial score (nSPS) is 11.4. The van der Waals surface area contributed by atoms with E-state index < -0.39 is 0 Å². The van der Waals surface area contributed by atoms with Crippen molar-refractivity contribution in [3.63, 3.8) is 0 Å². The lowest BCUT2D eigenvalue weighted by Crippen LogP contribution is -2.04. The second kappa shape index (κ2) is 15.3. The predicted octanol–water partition coefficient (Wildman–Crippen LogP) is 14.2. The van der Waals surface area contributed by atoms with Gasteiger partial charge in [-0.1, -0.05) is 132 Å². The highest BCUT2D eigenvalue weighted by Gasteiger charge is 2.22. The molecule has 0 N–H and O–H groups in total. The lowest BCUT2D eigenvalue weighted by molar-refractivity contribution is 1.06. The van der Waals surface area contributed by atoms with Crippen molar-refractivity contribution in [2.24, 2.45) is 0 Å². The number of aromatic nitrogens is 5. The number of aryl methyl sites for hydroxylation is 6. The van der Waals surface area contributed by atoms with Gasteiger partial charge >= 0.3 is 0 Å². The van der Waals surface area contributed by atoms with Crippen LogP contribution >= 0.6 is 0 Å². The maximum Gasteiger partial charge on any atom is 0.166 e. The average molecular weight is 788 g/mol. The Bertz CT molecular complexity index is 3070. The summed E-state index contributed by atoms with van der Waals surface area (Å²) in [6.45, 7) is 13.2. The molecule has 0 unspecified atom stereocenters. The second-order valence-electron chi connectivity index (χ2n) is 16.3. The van der Waals surface area contributed by atoms with Crippen LogP contribution in [0.25, 0.3) is 95.2 Å². The molecule has 0 spiro atoms. The van der Waals surface area contributed by atoms with E-state index in [2.05, 4.69) is 155 Å². The monoisotopic (exact) mass is 787 g/mol. The minimum absolute atomic E-state index is 0.582. The van der Waals surface area contributed by atoms with Crippen molar-refractivity contribution in [1.29, 1.82) is 0 Å². The van der Waals surface area contributed by atoms with Crippen LogP contribution in [-0.4, -0.2) is 24.5 Å². The Labute approximate surface area is 357 Å². The van der Waals surface area contributed by atoms with Gasteiger partial charge in [0.25, 0.3) is 0 Å². The van der Waals surface area contributed by atoms with E-state index in [1.54, 1.807) is 0 Å². The fourth-order valence-electron chi connectivity index (χ4n) is 9.39. The first-order valence-corrected chi connectivity index (χ1v) is 20.9. The summed E-state index contributed by atoms with van der Waals surface area (Å²) in [5, 5.41) is 2.35. The van der Waals surface area contributed by atoms with Gasteiger partial charge < -0.3 is 4.57 Å². The first-order valence-electron chi connectivity index (χ1n) is 20.9. The molecule has 0 saturated heterocycles. The molecule has 7 aromatic carbocycles. The van der Waals surface area contributed by atoms with E-state index in [4.69, 9.17) is 19.9 Å². The summed E-state index contributed by atoms with van der Waals surface area (Å²) in [6.07, 6.45) is 1.84. The van der Waals surface area contributed by atoms with Crippen LogP contribution in [0.15, 0.2) is 164 Å². The Kier molecular flexibility index (Phi) is 9.45. The van der Waals surface area contributed by atoms with Gasteiger partial charge in [0.05, 0.1) is 22.4 Å². The van der Waals surface area contributed by atoms with Crippen molar-refractivity contribution >= 4 is 21.8 Å². The van der Waals surface area contributed by atoms with Gasteiger partial charge in [0.2, 0.25) is 0 Å². The third kappa shape index (κ3) is 6.88. The van der Waals surface area contributed by atoms with Crippen LogP contribution < -0.4 is 0 Å². The molecule has 5 heteroatoms. The zero-order valence-corrected chi connectivity index (χ0v) is 35.3. The quantitative estimate of drug-likeness (QED) is 0.161. The van der Waals surface area contributed by atoms with E-state index in [1.165, 1.54) is 66.4 Å². The molecule has 3 heterocycles. The summed E-state index contributed by atoms with van der Waals surface area (Å²) in [4.78, 5) is 20.5. The summed E-state index contributed by atoms with van der Waals surface area (Å²) in [6, 6.07) is 56.0. The van der Waals surface area contributed by atoms with Crippen LogP contribution in [0.4, 0.5) is 0 Å². The summed E-state index contributed by atoms with van der Waals surface area (Å²) < 4.78 is 2.43. The van der Waals surface area contributed by atoms with E-state index in [9.17, 15) is 0 Å². The van der Waals surface area contributed by atoms with Crippen molar-refractivity contribution in [3.8, 4) is 73.4 Å². The van der Waals surface area contributed by atoms with Gasteiger partial charge in [0.1, 0.15) is 0 Å². The van der Waals surface area contributed by atoms with Gasteiger partial charge in [-0.25, -0.2) is 15.0 Å². The number of benzene rings is 7. The maximum absolute atomic E-state index is 5.30. The lowest BCUT2D eigenvalue weighted by atomic mass is 9.92. The molecule has 10 rings (SSSR count). The summed E-state index contributed by atoms with van der Waals surface area (Å²) >= 11 is 0. The largest absolute Gasteiger partial charge is 0.308 e. The van der Waals surface area contributed by atoms with Crippen molar-refractivity contribution < 1.29 is 0 Å². The highest BCUT2D eigenvalue weighted by atomic mass is 15.1. The van der Waals surface area contributed by atoms with E-state index in [0.717, 1.165) is 44.7 Å². The molecule has 0 atom stereocenters. The van der Waals surface area contributed by atoms with E-state index in [0.29, 0.717) is 17.5 Å². The molecule has 0 aliphatic heterocycles. The molecule has 294 valence electrons. The fraction of sp³-hybridized carbons (Fsp3) is 0.107. The van der Waals surface area contributed by atoms with Gasteiger partial charge in [-0.2, -0.15) is 0 Å². The van der Waals surface area contributed by atoms with Crippen molar-refractivity contribution in [2.45, 2.75) is 41.5 Å². The zero-order valence-electron chi connectivity index (χ0n) is 35.3. The fourth-order valence-corrected chi connectivity index (χ4v) is 9.39. The first kappa shape index (κ1) is 37.7. The molecule has 3 aromatic heterocycles. The van der Waals surface area contributed by atoms with Crippen LogP contribution in [0, 0.1) is 41.5 Å². The Morgan fingerprint density at radius 3 is 1.31 bits per heavy atom. The SMILES string of the molecule is Cc1cc(C)c(-c2ccc3c4ccc(-c5c(C)cc(C)cc5C)cc4n(-c4ccc(-c5ccccn5)cc4-c4nc(-c5ccccc5)nc(-c5ccccc5)n4)c3c2)c(C)c1. The molecule has 10 aromatic rings. The topological polar surface area (TPSA) is 56.5 Å². The van der Waals surface area contributed by atoms with Crippen molar-refractivity contribution in [3.05, 3.63) is 197 Å². The van der Waals surface area contributed by atoms with Crippen LogP contribution in [0.2, 0.25) is 0 Å². The lowest BCUT2D eigenvalue weighted by Gasteiger charge is -2.17. The minimum Gasteiger partial charge on any atom is -0.308 e. The maximum atomic E-state index is 5.30. The summed E-state index contributed by atoms with van der Waals surface area (Å²) in [5.41, 5.74) is 20.2. The van der Waals surface area contributed by atoms with Gasteiger partial charge in [-0.05, 0) is 122 Å². The van der Waals surface area contributed by atoms with E-state index >= 15 is 0 Å². The molecule has 0 amide bonds. The summed E-state index contributed by atoms with van der Waals surface area (Å²) in [7, 11) is 0. The molecule has 0 aliphatic carbocycles. The second-order valence-corrected chi connectivity index (χ2v) is 16.3. The van der Waals surface area contributed by atoms with Crippen molar-refractivity contribution in [1.82, 2.24) is 24.5 Å². The average Bonchev–Trinajstić information content (AvgIpc) is 3.59. The first-order chi connectivity index (χ1) is 29.7. The number of pyridine rings is 1. The number of hydrogen-bond acceptors (Lipinski definition) is 4. The number of rotatable bonds is 7. The van der Waals surface area contributed by atoms with Gasteiger partial charge in [-0.3, -0.25) is 4.98 Å². The molecule has 0 saturated carbocycles. The van der Waals surface area contributed by atoms with Crippen LogP contribution in [-0.2, 0) is 0 Å². The minimum atomic E-state index is 0.582. The van der Waals surface area contributed by atoms with Crippen molar-refractivity contribution in [2.75, 3.05) is 0 Å². The van der Waals surface area contributed by atoms with Crippen LogP contribution in [0.5, 0.6) is 0 Å². The van der Waals surface area contributed by atoms with E-state index in [-0.39, 0.29) is 0 Å². The molecule has 0 aliphatic rings. The predicted molar refractivity (Wildman–Crippen MR) is 253 cm³/mol. The smallest absolute Gasteiger partial charge is 0.166 e. The number of hydrogen-bond donors (Lipinski definition) is 0. The highest BCUT2D eigenvalue weighted by Crippen LogP contribution is 2.42. The molecule has 0 radical (unpaired) electrons. The Balaban J connectivity index is 1.32. The Morgan fingerprint density at radius 1 is 0.377 bits per heavy atom. The molecule has 0 bridgehead atoms. The van der Waals surface area contributed by atoms with Crippen LogP contribution in [0.3, 0.4) is 0 Å². The molecule has 0 fully saturated rings. The zero-order chi connectivity index (χ0) is 41.8. The van der Waals surface area contributed by atoms with Gasteiger partial charge in [-0.15, -0.1) is 0 Å². The number of fused-ring (bicyclic) bond motifs is 3. The highest BCUT2D eigenvalue weighted by molar-refractivity contribution is 6.12. The van der Waals surface area contributed by atoms with Gasteiger partial charge in [0.15, 0.2) is 17.5 Å². The third-order valence-corrected chi connectivity index (χ3v) is 11.8. The molecular formula is C56H45N5. The molecule has 61 heavy (non-hydrogen) atoms. The third-order valence-electron chi connectivity index (χ3n) is 11.8. The van der Waals surface area contributed by atoms with Crippen LogP contribution in [0.1, 0.15) is 33.4 Å². The van der Waals surface area contributed by atoms with Gasteiger partial charge in [0, 0.05) is 39.2 Å².